The van der Waals surface area contributed by atoms with Crippen molar-refractivity contribution in [2.45, 2.75) is 38.0 Å². The molecule has 0 saturated carbocycles. The SMILES string of the molecule is CC(C)CC(=O)Nc1ccc(NC(=O)CCC(=O)N2CCSc3ccccc32)cc1. The van der Waals surface area contributed by atoms with Gasteiger partial charge in [-0.1, -0.05) is 26.0 Å². The van der Waals surface area contributed by atoms with Gasteiger partial charge >= 0.3 is 0 Å². The van der Waals surface area contributed by atoms with E-state index in [-0.39, 0.29) is 30.6 Å². The predicted molar refractivity (Wildman–Crippen MR) is 122 cm³/mol. The van der Waals surface area contributed by atoms with E-state index >= 15 is 0 Å². The third-order valence-corrected chi connectivity index (χ3v) is 5.68. The van der Waals surface area contributed by atoms with Crippen LogP contribution in [0.3, 0.4) is 0 Å². The minimum atomic E-state index is -0.209. The molecular formula is C23H27N3O3S. The molecule has 30 heavy (non-hydrogen) atoms. The van der Waals surface area contributed by atoms with Crippen LogP contribution in [-0.4, -0.2) is 30.0 Å². The molecule has 0 saturated heterocycles. The van der Waals surface area contributed by atoms with Crippen LogP contribution >= 0.6 is 11.8 Å². The molecular weight excluding hydrogens is 398 g/mol. The second-order valence-corrected chi connectivity index (χ2v) is 8.77. The highest BCUT2D eigenvalue weighted by Gasteiger charge is 2.22. The highest BCUT2D eigenvalue weighted by atomic mass is 32.2. The van der Waals surface area contributed by atoms with Crippen molar-refractivity contribution in [3.63, 3.8) is 0 Å². The van der Waals surface area contributed by atoms with Gasteiger partial charge in [0.1, 0.15) is 0 Å². The van der Waals surface area contributed by atoms with Gasteiger partial charge in [-0.3, -0.25) is 14.4 Å². The Balaban J connectivity index is 1.48. The molecule has 0 aromatic heterocycles. The Morgan fingerprint density at radius 3 is 2.23 bits per heavy atom. The first-order chi connectivity index (χ1) is 14.4. The fourth-order valence-corrected chi connectivity index (χ4v) is 4.22. The van der Waals surface area contributed by atoms with E-state index in [1.165, 1.54) is 0 Å². The summed E-state index contributed by atoms with van der Waals surface area (Å²) < 4.78 is 0. The Bertz CT molecular complexity index is 912. The monoisotopic (exact) mass is 425 g/mol. The summed E-state index contributed by atoms with van der Waals surface area (Å²) in [6, 6.07) is 14.8. The summed E-state index contributed by atoms with van der Waals surface area (Å²) in [5.41, 5.74) is 2.25. The highest BCUT2D eigenvalue weighted by molar-refractivity contribution is 7.99. The van der Waals surface area contributed by atoms with Crippen molar-refractivity contribution in [3.8, 4) is 0 Å². The Labute approximate surface area is 181 Å². The molecule has 0 spiro atoms. The molecule has 2 N–H and O–H groups in total. The zero-order valence-corrected chi connectivity index (χ0v) is 18.1. The van der Waals surface area contributed by atoms with Gasteiger partial charge in [-0.25, -0.2) is 0 Å². The van der Waals surface area contributed by atoms with Gasteiger partial charge in [0.25, 0.3) is 0 Å². The van der Waals surface area contributed by atoms with Crippen LogP contribution in [0, 0.1) is 5.92 Å². The van der Waals surface area contributed by atoms with E-state index in [1.54, 1.807) is 40.9 Å². The number of carbonyl (C=O) groups is 3. The molecule has 1 heterocycles. The number of hydrogen-bond donors (Lipinski definition) is 2. The lowest BCUT2D eigenvalue weighted by Gasteiger charge is -2.29. The number of para-hydroxylation sites is 1. The predicted octanol–water partition coefficient (Wildman–Crippen LogP) is 4.53. The number of nitrogens with zero attached hydrogens (tertiary/aromatic N) is 1. The van der Waals surface area contributed by atoms with E-state index in [2.05, 4.69) is 10.6 Å². The van der Waals surface area contributed by atoms with Crippen LogP contribution in [0.25, 0.3) is 0 Å². The summed E-state index contributed by atoms with van der Waals surface area (Å²) >= 11 is 1.74. The Hall–Kier alpha value is -2.80. The molecule has 2 aromatic carbocycles. The summed E-state index contributed by atoms with van der Waals surface area (Å²) in [4.78, 5) is 39.6. The van der Waals surface area contributed by atoms with Gasteiger partial charge in [-0.15, -0.1) is 11.8 Å². The van der Waals surface area contributed by atoms with E-state index in [9.17, 15) is 14.4 Å². The third kappa shape index (κ3) is 6.10. The third-order valence-electron chi connectivity index (χ3n) is 4.64. The number of hydrogen-bond acceptors (Lipinski definition) is 4. The van der Waals surface area contributed by atoms with Crippen molar-refractivity contribution in [1.82, 2.24) is 0 Å². The van der Waals surface area contributed by atoms with Crippen molar-refractivity contribution in [3.05, 3.63) is 48.5 Å². The summed E-state index contributed by atoms with van der Waals surface area (Å²) in [5, 5.41) is 5.64. The summed E-state index contributed by atoms with van der Waals surface area (Å²) in [7, 11) is 0. The number of anilines is 3. The molecule has 3 rings (SSSR count). The molecule has 0 atom stereocenters. The van der Waals surface area contributed by atoms with Gasteiger partial charge in [0.05, 0.1) is 5.69 Å². The molecule has 6 nitrogen and oxygen atoms in total. The molecule has 3 amide bonds. The van der Waals surface area contributed by atoms with Crippen LogP contribution in [-0.2, 0) is 14.4 Å². The van der Waals surface area contributed by atoms with Crippen molar-refractivity contribution in [1.29, 1.82) is 0 Å². The van der Waals surface area contributed by atoms with Gasteiger partial charge in [-0.05, 0) is 42.3 Å². The number of thioether (sulfide) groups is 1. The van der Waals surface area contributed by atoms with Crippen molar-refractivity contribution in [2.24, 2.45) is 5.92 Å². The minimum Gasteiger partial charge on any atom is -0.326 e. The van der Waals surface area contributed by atoms with E-state index in [4.69, 9.17) is 0 Å². The Morgan fingerprint density at radius 2 is 1.57 bits per heavy atom. The lowest BCUT2D eigenvalue weighted by molar-refractivity contribution is -0.122. The van der Waals surface area contributed by atoms with Crippen LogP contribution < -0.4 is 15.5 Å². The quantitative estimate of drug-likeness (QED) is 0.683. The van der Waals surface area contributed by atoms with Crippen molar-refractivity contribution in [2.75, 3.05) is 27.8 Å². The topological polar surface area (TPSA) is 78.5 Å². The number of fused-ring (bicyclic) bond motifs is 1. The molecule has 0 aliphatic carbocycles. The Morgan fingerprint density at radius 1 is 0.933 bits per heavy atom. The lowest BCUT2D eigenvalue weighted by atomic mass is 10.1. The zero-order chi connectivity index (χ0) is 21.5. The number of rotatable bonds is 7. The fourth-order valence-electron chi connectivity index (χ4n) is 3.23. The molecule has 0 fully saturated rings. The van der Waals surface area contributed by atoms with Crippen molar-refractivity contribution < 1.29 is 14.4 Å². The van der Waals surface area contributed by atoms with E-state index in [1.807, 2.05) is 38.1 Å². The van der Waals surface area contributed by atoms with Gasteiger partial charge < -0.3 is 15.5 Å². The number of nitrogens with one attached hydrogen (secondary N) is 2. The first-order valence-electron chi connectivity index (χ1n) is 10.1. The normalized spacial score (nSPS) is 13.0. The maximum atomic E-state index is 12.6. The zero-order valence-electron chi connectivity index (χ0n) is 17.3. The second kappa shape index (κ2) is 10.3. The maximum Gasteiger partial charge on any atom is 0.227 e. The number of benzene rings is 2. The van der Waals surface area contributed by atoms with E-state index in [0.29, 0.717) is 30.3 Å². The molecule has 2 aromatic rings. The molecule has 158 valence electrons. The van der Waals surface area contributed by atoms with E-state index in [0.717, 1.165) is 16.3 Å². The molecule has 1 aliphatic rings. The van der Waals surface area contributed by atoms with Crippen LogP contribution in [0.1, 0.15) is 33.1 Å². The van der Waals surface area contributed by atoms with Gasteiger partial charge in [0.15, 0.2) is 0 Å². The molecule has 0 radical (unpaired) electrons. The first-order valence-corrected chi connectivity index (χ1v) is 11.1. The fraction of sp³-hybridized carbons (Fsp3) is 0.348. The van der Waals surface area contributed by atoms with Crippen LogP contribution in [0.15, 0.2) is 53.4 Å². The molecule has 0 bridgehead atoms. The summed E-state index contributed by atoms with van der Waals surface area (Å²) in [5.74, 6) is 0.872. The van der Waals surface area contributed by atoms with Gasteiger partial charge in [0, 0.05) is 47.8 Å². The average Bonchev–Trinajstić information content (AvgIpc) is 2.72. The summed E-state index contributed by atoms with van der Waals surface area (Å²) in [6.07, 6.45) is 0.748. The molecule has 1 aliphatic heterocycles. The number of carbonyl (C=O) groups excluding carboxylic acids is 3. The first kappa shape index (κ1) is 21.9. The summed E-state index contributed by atoms with van der Waals surface area (Å²) in [6.45, 7) is 4.64. The standard InChI is InChI=1S/C23H27N3O3S/c1-16(2)15-22(28)25-18-9-7-17(8-10-18)24-21(27)11-12-23(29)26-13-14-30-20-6-4-3-5-19(20)26/h3-10,16H,11-15H2,1-2H3,(H,24,27)(H,25,28). The van der Waals surface area contributed by atoms with Crippen LogP contribution in [0.5, 0.6) is 0 Å². The molecule has 0 unspecified atom stereocenters. The second-order valence-electron chi connectivity index (χ2n) is 7.63. The number of amides is 3. The smallest absolute Gasteiger partial charge is 0.227 e. The van der Waals surface area contributed by atoms with Crippen molar-refractivity contribution >= 4 is 46.5 Å². The lowest BCUT2D eigenvalue weighted by Crippen LogP contribution is -2.35. The highest BCUT2D eigenvalue weighted by Crippen LogP contribution is 2.34. The van der Waals surface area contributed by atoms with Crippen LogP contribution in [0.4, 0.5) is 17.1 Å². The van der Waals surface area contributed by atoms with Crippen LogP contribution in [0.2, 0.25) is 0 Å². The average molecular weight is 426 g/mol. The minimum absolute atomic E-state index is 0.0296. The largest absolute Gasteiger partial charge is 0.326 e. The Kier molecular flexibility index (Phi) is 7.52. The van der Waals surface area contributed by atoms with E-state index < -0.39 is 0 Å². The van der Waals surface area contributed by atoms with Gasteiger partial charge in [0.2, 0.25) is 17.7 Å². The van der Waals surface area contributed by atoms with Gasteiger partial charge in [-0.2, -0.15) is 0 Å². The maximum absolute atomic E-state index is 12.6. The molecule has 7 heteroatoms.